The summed E-state index contributed by atoms with van der Waals surface area (Å²) in [7, 11) is 3.16. The summed E-state index contributed by atoms with van der Waals surface area (Å²) in [5.74, 6) is 2.11. The monoisotopic (exact) mass is 314 g/mol. The van der Waals surface area contributed by atoms with Gasteiger partial charge >= 0.3 is 0 Å². The van der Waals surface area contributed by atoms with Crippen LogP contribution in [0.1, 0.15) is 36.9 Å². The molecule has 0 amide bonds. The maximum absolute atomic E-state index is 9.07. The van der Waals surface area contributed by atoms with Gasteiger partial charge in [0.15, 0.2) is 0 Å². The Morgan fingerprint density at radius 1 is 1.35 bits per heavy atom. The van der Waals surface area contributed by atoms with Gasteiger partial charge in [-0.15, -0.1) is 0 Å². The number of rotatable bonds is 6. The Bertz CT molecular complexity index is 744. The molecule has 0 aliphatic carbocycles. The van der Waals surface area contributed by atoms with Gasteiger partial charge in [0.1, 0.15) is 17.6 Å². The summed E-state index contributed by atoms with van der Waals surface area (Å²) in [5.41, 5.74) is 3.63. The molecule has 0 atom stereocenters. The first kappa shape index (κ1) is 16.4. The number of nitrogens with zero attached hydrogens (tertiary/aromatic N) is 3. The van der Waals surface area contributed by atoms with Crippen molar-refractivity contribution in [1.29, 1.82) is 5.26 Å². The average Bonchev–Trinajstić information content (AvgIpc) is 2.98. The molecule has 1 aromatic carbocycles. The normalized spacial score (nSPS) is 10.8. The van der Waals surface area contributed by atoms with Gasteiger partial charge in [0.05, 0.1) is 20.4 Å². The number of nitriles is 1. The summed E-state index contributed by atoms with van der Waals surface area (Å²) in [4.78, 5) is 4.10. The van der Waals surface area contributed by atoms with Crippen LogP contribution in [0.2, 0.25) is 0 Å². The van der Waals surface area contributed by atoms with E-state index < -0.39 is 0 Å². The van der Waals surface area contributed by atoms with Crippen LogP contribution in [0.25, 0.3) is 0 Å². The van der Waals surface area contributed by atoms with E-state index >= 15 is 0 Å². The highest BCUT2D eigenvalue weighted by molar-refractivity contribution is 5.84. The lowest BCUT2D eigenvalue weighted by Gasteiger charge is -2.06. The highest BCUT2D eigenvalue weighted by Gasteiger charge is 2.14. The standard InChI is InChI=1S/C16H18N4O3/c1-10(2)15-19-13(8-17)16(23-15)20-18-9-11-5-6-12(21-3)7-14(11)22-4/h5-7,9-10,20H,1-4H3. The van der Waals surface area contributed by atoms with Crippen molar-refractivity contribution >= 4 is 12.1 Å². The second-order valence-corrected chi connectivity index (χ2v) is 4.97. The summed E-state index contributed by atoms with van der Waals surface area (Å²) in [5, 5.41) is 13.1. The molecule has 0 bridgehead atoms. The average molecular weight is 314 g/mol. The van der Waals surface area contributed by atoms with Gasteiger partial charge in [0.25, 0.3) is 5.88 Å². The fourth-order valence-electron chi connectivity index (χ4n) is 1.82. The van der Waals surface area contributed by atoms with Crippen LogP contribution in [0.5, 0.6) is 11.5 Å². The molecule has 2 aromatic rings. The predicted molar refractivity (Wildman–Crippen MR) is 86.1 cm³/mol. The molecule has 0 aliphatic heterocycles. The first-order chi connectivity index (χ1) is 11.1. The lowest BCUT2D eigenvalue weighted by Crippen LogP contribution is -1.95. The molecule has 0 saturated carbocycles. The molecule has 7 nitrogen and oxygen atoms in total. The number of aromatic nitrogens is 1. The van der Waals surface area contributed by atoms with Gasteiger partial charge in [0, 0.05) is 17.5 Å². The number of anilines is 1. The summed E-state index contributed by atoms with van der Waals surface area (Å²) >= 11 is 0. The number of oxazole rings is 1. The van der Waals surface area contributed by atoms with E-state index in [-0.39, 0.29) is 17.5 Å². The number of benzene rings is 1. The van der Waals surface area contributed by atoms with E-state index in [2.05, 4.69) is 15.5 Å². The minimum Gasteiger partial charge on any atom is -0.497 e. The minimum atomic E-state index is 0.0864. The Hall–Kier alpha value is -3.01. The third kappa shape index (κ3) is 3.80. The van der Waals surface area contributed by atoms with Crippen LogP contribution in [0.4, 0.5) is 5.88 Å². The van der Waals surface area contributed by atoms with E-state index in [4.69, 9.17) is 19.2 Å². The van der Waals surface area contributed by atoms with Crippen molar-refractivity contribution in [3.05, 3.63) is 35.3 Å². The van der Waals surface area contributed by atoms with Crippen LogP contribution < -0.4 is 14.9 Å². The van der Waals surface area contributed by atoms with E-state index in [1.807, 2.05) is 26.0 Å². The number of hydrazone groups is 1. The van der Waals surface area contributed by atoms with Crippen LogP contribution in [0, 0.1) is 11.3 Å². The third-order valence-electron chi connectivity index (χ3n) is 3.05. The third-order valence-corrected chi connectivity index (χ3v) is 3.05. The molecule has 1 N–H and O–H groups in total. The first-order valence-electron chi connectivity index (χ1n) is 7.01. The largest absolute Gasteiger partial charge is 0.497 e. The van der Waals surface area contributed by atoms with E-state index in [9.17, 15) is 0 Å². The van der Waals surface area contributed by atoms with Crippen LogP contribution in [-0.4, -0.2) is 25.4 Å². The number of ether oxygens (including phenoxy) is 2. The number of nitrogens with one attached hydrogen (secondary N) is 1. The lowest BCUT2D eigenvalue weighted by atomic mass is 10.2. The molecule has 0 aliphatic rings. The zero-order valence-corrected chi connectivity index (χ0v) is 13.5. The Morgan fingerprint density at radius 2 is 2.13 bits per heavy atom. The molecule has 2 rings (SSSR count). The van der Waals surface area contributed by atoms with Crippen molar-refractivity contribution in [2.75, 3.05) is 19.6 Å². The Labute approximate surface area is 134 Å². The number of hydrogen-bond acceptors (Lipinski definition) is 7. The quantitative estimate of drug-likeness (QED) is 0.650. The molecule has 120 valence electrons. The van der Waals surface area contributed by atoms with Gasteiger partial charge in [-0.25, -0.2) is 10.4 Å². The Morgan fingerprint density at radius 3 is 2.74 bits per heavy atom. The van der Waals surface area contributed by atoms with Crippen molar-refractivity contribution in [3.63, 3.8) is 0 Å². The maximum Gasteiger partial charge on any atom is 0.252 e. The summed E-state index contributed by atoms with van der Waals surface area (Å²) in [6.45, 7) is 3.87. The van der Waals surface area contributed by atoms with E-state index in [1.54, 1.807) is 32.6 Å². The highest BCUT2D eigenvalue weighted by atomic mass is 16.5. The molecule has 23 heavy (non-hydrogen) atoms. The molecule has 1 heterocycles. The molecule has 0 unspecified atom stereocenters. The second kappa shape index (κ2) is 7.31. The minimum absolute atomic E-state index is 0.0864. The van der Waals surface area contributed by atoms with Gasteiger partial charge in [-0.1, -0.05) is 13.8 Å². The highest BCUT2D eigenvalue weighted by Crippen LogP contribution is 2.24. The van der Waals surface area contributed by atoms with Gasteiger partial charge in [-0.05, 0) is 12.1 Å². The van der Waals surface area contributed by atoms with E-state index in [0.717, 1.165) is 5.56 Å². The molecule has 7 heteroatoms. The molecular formula is C16H18N4O3. The van der Waals surface area contributed by atoms with Crippen LogP contribution in [-0.2, 0) is 0 Å². The Kier molecular flexibility index (Phi) is 5.20. The molecule has 0 fully saturated rings. The van der Waals surface area contributed by atoms with E-state index in [1.165, 1.54) is 0 Å². The smallest absolute Gasteiger partial charge is 0.252 e. The zero-order chi connectivity index (χ0) is 16.8. The van der Waals surface area contributed by atoms with Crippen molar-refractivity contribution in [2.24, 2.45) is 5.10 Å². The molecule has 0 spiro atoms. The SMILES string of the molecule is COc1ccc(C=NNc2oc(C(C)C)nc2C#N)c(OC)c1. The van der Waals surface area contributed by atoms with Crippen LogP contribution in [0.15, 0.2) is 27.7 Å². The summed E-state index contributed by atoms with van der Waals surface area (Å²) in [6.07, 6.45) is 1.57. The Balaban J connectivity index is 2.18. The van der Waals surface area contributed by atoms with Crippen molar-refractivity contribution < 1.29 is 13.9 Å². The predicted octanol–water partition coefficient (Wildman–Crippen LogP) is 3.13. The van der Waals surface area contributed by atoms with Gasteiger partial charge in [-0.2, -0.15) is 10.4 Å². The molecule has 1 aromatic heterocycles. The van der Waals surface area contributed by atoms with Crippen molar-refractivity contribution in [1.82, 2.24) is 4.98 Å². The number of hydrogen-bond donors (Lipinski definition) is 1. The van der Waals surface area contributed by atoms with Gasteiger partial charge in [-0.3, -0.25) is 0 Å². The van der Waals surface area contributed by atoms with Crippen LogP contribution >= 0.6 is 0 Å². The first-order valence-corrected chi connectivity index (χ1v) is 7.01. The maximum atomic E-state index is 9.07. The molecule has 0 radical (unpaired) electrons. The lowest BCUT2D eigenvalue weighted by molar-refractivity contribution is 0.394. The van der Waals surface area contributed by atoms with Crippen molar-refractivity contribution in [2.45, 2.75) is 19.8 Å². The van der Waals surface area contributed by atoms with E-state index in [0.29, 0.717) is 17.4 Å². The van der Waals surface area contributed by atoms with Crippen LogP contribution in [0.3, 0.4) is 0 Å². The van der Waals surface area contributed by atoms with Crippen molar-refractivity contribution in [3.8, 4) is 17.6 Å². The second-order valence-electron chi connectivity index (χ2n) is 4.97. The zero-order valence-electron chi connectivity index (χ0n) is 13.5. The topological polar surface area (TPSA) is 92.7 Å². The summed E-state index contributed by atoms with van der Waals surface area (Å²) in [6, 6.07) is 7.35. The fraction of sp³-hybridized carbons (Fsp3) is 0.312. The molecular weight excluding hydrogens is 296 g/mol. The van der Waals surface area contributed by atoms with Gasteiger partial charge in [0.2, 0.25) is 11.6 Å². The number of methoxy groups -OCH3 is 2. The van der Waals surface area contributed by atoms with Gasteiger partial charge < -0.3 is 13.9 Å². The fourth-order valence-corrected chi connectivity index (χ4v) is 1.82. The molecule has 0 saturated heterocycles. The summed E-state index contributed by atoms with van der Waals surface area (Å²) < 4.78 is 15.9.